The van der Waals surface area contributed by atoms with Crippen LogP contribution in [0, 0.1) is 0 Å². The van der Waals surface area contributed by atoms with Crippen LogP contribution in [-0.4, -0.2) is 25.1 Å². The molecule has 1 aromatic heterocycles. The first-order valence-corrected chi connectivity index (χ1v) is 10.4. The molecule has 0 atom stereocenters. The minimum atomic E-state index is -3.29. The summed E-state index contributed by atoms with van der Waals surface area (Å²) >= 11 is 13.3. The van der Waals surface area contributed by atoms with Crippen LogP contribution in [0.4, 0.5) is 5.13 Å². The lowest BCUT2D eigenvalue weighted by Crippen LogP contribution is -2.12. The first-order valence-electron chi connectivity index (χ1n) is 7.20. The second-order valence-electron chi connectivity index (χ2n) is 5.11. The van der Waals surface area contributed by atoms with Crippen molar-refractivity contribution in [3.8, 4) is 0 Å². The van der Waals surface area contributed by atoms with Crippen molar-refractivity contribution in [3.05, 3.63) is 52.0 Å². The molecule has 0 bridgehead atoms. The molecule has 3 aromatic rings. The summed E-state index contributed by atoms with van der Waals surface area (Å²) in [5.74, 6) is -0.380. The minimum Gasteiger partial charge on any atom is -0.298 e. The number of fused-ring (bicyclic) bond motifs is 1. The Labute approximate surface area is 158 Å². The maximum absolute atomic E-state index is 12.3. The molecule has 1 heterocycles. The molecule has 5 nitrogen and oxygen atoms in total. The van der Waals surface area contributed by atoms with Gasteiger partial charge < -0.3 is 0 Å². The number of halogens is 2. The molecule has 0 saturated heterocycles. The highest BCUT2D eigenvalue weighted by Gasteiger charge is 2.15. The summed E-state index contributed by atoms with van der Waals surface area (Å²) in [6, 6.07) is 9.22. The molecule has 9 heteroatoms. The van der Waals surface area contributed by atoms with Gasteiger partial charge >= 0.3 is 0 Å². The van der Waals surface area contributed by atoms with E-state index in [1.807, 2.05) is 0 Å². The molecule has 0 saturated carbocycles. The van der Waals surface area contributed by atoms with Gasteiger partial charge in [0.1, 0.15) is 5.52 Å². The predicted molar refractivity (Wildman–Crippen MR) is 102 cm³/mol. The molecule has 25 heavy (non-hydrogen) atoms. The number of carbonyl (C=O) groups is 1. The average Bonchev–Trinajstić information content (AvgIpc) is 3.01. The van der Waals surface area contributed by atoms with Gasteiger partial charge in [-0.15, -0.1) is 0 Å². The molecule has 0 aliphatic heterocycles. The average molecular weight is 415 g/mol. The fraction of sp³-hybridized carbons (Fsp3) is 0.125. The van der Waals surface area contributed by atoms with E-state index >= 15 is 0 Å². The van der Waals surface area contributed by atoms with Crippen LogP contribution in [0.25, 0.3) is 10.2 Å². The number of sulfone groups is 1. The van der Waals surface area contributed by atoms with Crippen LogP contribution < -0.4 is 5.32 Å². The van der Waals surface area contributed by atoms with Gasteiger partial charge in [0.15, 0.2) is 15.0 Å². The van der Waals surface area contributed by atoms with Crippen molar-refractivity contribution in [3.63, 3.8) is 0 Å². The van der Waals surface area contributed by atoms with E-state index in [4.69, 9.17) is 23.2 Å². The number of nitrogens with zero attached hydrogens (tertiary/aromatic N) is 1. The summed E-state index contributed by atoms with van der Waals surface area (Å²) in [7, 11) is -3.29. The fourth-order valence-electron chi connectivity index (χ4n) is 2.14. The van der Waals surface area contributed by atoms with Gasteiger partial charge in [-0.2, -0.15) is 0 Å². The number of thiazole rings is 1. The van der Waals surface area contributed by atoms with Gasteiger partial charge in [-0.1, -0.05) is 41.5 Å². The Bertz CT molecular complexity index is 1060. The van der Waals surface area contributed by atoms with Crippen molar-refractivity contribution in [2.75, 3.05) is 11.1 Å². The zero-order chi connectivity index (χ0) is 18.2. The van der Waals surface area contributed by atoms with Crippen LogP contribution in [0.15, 0.2) is 41.3 Å². The molecule has 0 aliphatic rings. The van der Waals surface area contributed by atoms with Crippen LogP contribution in [0.2, 0.25) is 10.0 Å². The van der Waals surface area contributed by atoms with Crippen molar-refractivity contribution in [2.24, 2.45) is 0 Å². The molecule has 0 spiro atoms. The topological polar surface area (TPSA) is 76.1 Å². The van der Waals surface area contributed by atoms with Crippen molar-refractivity contribution in [1.29, 1.82) is 0 Å². The minimum absolute atomic E-state index is 0.00751. The van der Waals surface area contributed by atoms with Gasteiger partial charge in [-0.05, 0) is 36.4 Å². The molecule has 3 rings (SSSR count). The summed E-state index contributed by atoms with van der Waals surface area (Å²) in [6.07, 6.45) is 0. The van der Waals surface area contributed by atoms with Crippen molar-refractivity contribution < 1.29 is 13.2 Å². The molecule has 0 fully saturated rings. The van der Waals surface area contributed by atoms with E-state index < -0.39 is 9.84 Å². The predicted octanol–water partition coefficient (Wildman–Crippen LogP) is 4.65. The first kappa shape index (κ1) is 18.1. The Morgan fingerprint density at radius 3 is 2.48 bits per heavy atom. The molecular weight excluding hydrogens is 403 g/mol. The number of carbonyl (C=O) groups excluding carboxylic acids is 1. The van der Waals surface area contributed by atoms with Crippen LogP contribution in [0.3, 0.4) is 0 Å². The van der Waals surface area contributed by atoms with E-state index in [9.17, 15) is 13.2 Å². The fourth-order valence-corrected chi connectivity index (χ4v) is 4.31. The van der Waals surface area contributed by atoms with Crippen molar-refractivity contribution in [2.45, 2.75) is 11.8 Å². The second-order valence-corrected chi connectivity index (χ2v) is 9.20. The zero-order valence-corrected chi connectivity index (χ0v) is 16.1. The van der Waals surface area contributed by atoms with Gasteiger partial charge in [0.2, 0.25) is 0 Å². The van der Waals surface area contributed by atoms with Crippen LogP contribution in [0.1, 0.15) is 17.3 Å². The van der Waals surface area contributed by atoms with Gasteiger partial charge in [-0.3, -0.25) is 10.1 Å². The first-order chi connectivity index (χ1) is 11.8. The van der Waals surface area contributed by atoms with Crippen molar-refractivity contribution >= 4 is 65.6 Å². The SMILES string of the molecule is CCS(=O)(=O)c1ccc(C(=O)Nc2nc3c(Cl)c(Cl)ccc3s2)cc1. The standard InChI is InChI=1S/C16H12Cl2N2O3S2/c1-2-25(22,23)10-5-3-9(4-6-10)15(21)20-16-19-14-12(24-16)8-7-11(17)13(14)18/h3-8H,2H2,1H3,(H,19,20,21). The Balaban J connectivity index is 1.84. The highest BCUT2D eigenvalue weighted by atomic mass is 35.5. The van der Waals surface area contributed by atoms with E-state index in [-0.39, 0.29) is 16.6 Å². The van der Waals surface area contributed by atoms with Gasteiger partial charge in [0.05, 0.1) is 25.4 Å². The Kier molecular flexibility index (Phi) is 5.02. The lowest BCUT2D eigenvalue weighted by Gasteiger charge is -2.04. The van der Waals surface area contributed by atoms with E-state index in [0.717, 1.165) is 4.70 Å². The molecule has 0 unspecified atom stereocenters. The molecule has 0 radical (unpaired) electrons. The van der Waals surface area contributed by atoms with Gasteiger partial charge in [-0.25, -0.2) is 13.4 Å². The highest BCUT2D eigenvalue weighted by Crippen LogP contribution is 2.35. The lowest BCUT2D eigenvalue weighted by atomic mass is 10.2. The van der Waals surface area contributed by atoms with Crippen LogP contribution in [-0.2, 0) is 9.84 Å². The Morgan fingerprint density at radius 1 is 1.16 bits per heavy atom. The molecule has 1 N–H and O–H groups in total. The maximum atomic E-state index is 12.3. The number of hydrogen-bond donors (Lipinski definition) is 1. The summed E-state index contributed by atoms with van der Waals surface area (Å²) < 4.78 is 24.4. The van der Waals surface area contributed by atoms with E-state index in [0.29, 0.717) is 26.3 Å². The lowest BCUT2D eigenvalue weighted by molar-refractivity contribution is 0.102. The van der Waals surface area contributed by atoms with Gasteiger partial charge in [0.25, 0.3) is 5.91 Å². The zero-order valence-electron chi connectivity index (χ0n) is 12.9. The van der Waals surface area contributed by atoms with Crippen LogP contribution >= 0.6 is 34.5 Å². The molecule has 0 aliphatic carbocycles. The van der Waals surface area contributed by atoms with Crippen molar-refractivity contribution in [1.82, 2.24) is 4.98 Å². The number of hydrogen-bond acceptors (Lipinski definition) is 5. The number of rotatable bonds is 4. The normalized spacial score (nSPS) is 11.6. The quantitative estimate of drug-likeness (QED) is 0.673. The highest BCUT2D eigenvalue weighted by molar-refractivity contribution is 7.91. The second kappa shape index (κ2) is 6.92. The number of amides is 1. The smallest absolute Gasteiger partial charge is 0.257 e. The summed E-state index contributed by atoms with van der Waals surface area (Å²) in [5.41, 5.74) is 0.859. The van der Waals surface area contributed by atoms with Crippen LogP contribution in [0.5, 0.6) is 0 Å². The monoisotopic (exact) mass is 414 g/mol. The molecule has 1 amide bonds. The summed E-state index contributed by atoms with van der Waals surface area (Å²) in [5, 5.41) is 3.80. The number of aromatic nitrogens is 1. The third kappa shape index (κ3) is 3.64. The number of benzene rings is 2. The summed E-state index contributed by atoms with van der Waals surface area (Å²) in [4.78, 5) is 16.8. The summed E-state index contributed by atoms with van der Waals surface area (Å²) in [6.45, 7) is 1.57. The molecular formula is C16H12Cl2N2O3S2. The van der Waals surface area contributed by atoms with E-state index in [1.165, 1.54) is 35.6 Å². The third-order valence-electron chi connectivity index (χ3n) is 3.53. The molecule has 2 aromatic carbocycles. The number of nitrogens with one attached hydrogen (secondary N) is 1. The maximum Gasteiger partial charge on any atom is 0.257 e. The molecule has 130 valence electrons. The van der Waals surface area contributed by atoms with Gasteiger partial charge in [0, 0.05) is 5.56 Å². The largest absolute Gasteiger partial charge is 0.298 e. The Hall–Kier alpha value is -1.67. The van der Waals surface area contributed by atoms with E-state index in [2.05, 4.69) is 10.3 Å². The van der Waals surface area contributed by atoms with E-state index in [1.54, 1.807) is 19.1 Å². The number of anilines is 1. The third-order valence-corrected chi connectivity index (χ3v) is 7.01. The Morgan fingerprint density at radius 2 is 1.84 bits per heavy atom.